The summed E-state index contributed by atoms with van der Waals surface area (Å²) in [6.07, 6.45) is 2.91. The molecule has 0 bridgehead atoms. The van der Waals surface area contributed by atoms with E-state index in [1.54, 1.807) is 30.3 Å². The molecule has 210 valence electrons. The molecule has 5 rings (SSSR count). The van der Waals surface area contributed by atoms with E-state index in [4.69, 9.17) is 20.3 Å². The second-order valence-electron chi connectivity index (χ2n) is 9.90. The van der Waals surface area contributed by atoms with Crippen LogP contribution >= 0.6 is 0 Å². The molecule has 0 fully saturated rings. The number of nitrogens with one attached hydrogen (secondary N) is 4. The predicted molar refractivity (Wildman–Crippen MR) is 161 cm³/mol. The van der Waals surface area contributed by atoms with Crippen molar-refractivity contribution in [3.63, 3.8) is 0 Å². The maximum absolute atomic E-state index is 15.0. The van der Waals surface area contributed by atoms with Crippen LogP contribution < -0.4 is 10.6 Å². The van der Waals surface area contributed by atoms with E-state index in [1.165, 1.54) is 12.1 Å². The monoisotopic (exact) mass is 552 g/mol. The van der Waals surface area contributed by atoms with Gasteiger partial charge in [-0.05, 0) is 78.7 Å². The van der Waals surface area contributed by atoms with Crippen molar-refractivity contribution in [3.8, 4) is 11.1 Å². The number of halogens is 1. The van der Waals surface area contributed by atoms with Gasteiger partial charge in [0.2, 0.25) is 0 Å². The third-order valence-electron chi connectivity index (χ3n) is 7.12. The molecule has 0 aliphatic carbocycles. The molecule has 1 heterocycles. The van der Waals surface area contributed by atoms with Crippen molar-refractivity contribution in [2.45, 2.75) is 33.1 Å². The summed E-state index contributed by atoms with van der Waals surface area (Å²) in [7, 11) is 0. The highest BCUT2D eigenvalue weighted by Crippen LogP contribution is 2.43. The first-order valence-corrected chi connectivity index (χ1v) is 13.9. The van der Waals surface area contributed by atoms with E-state index in [9.17, 15) is 4.79 Å². The highest BCUT2D eigenvalue weighted by atomic mass is 19.1. The number of amidine groups is 2. The molecular formula is C33H33FN4O3. The summed E-state index contributed by atoms with van der Waals surface area (Å²) in [5.41, 5.74) is 5.69. The first kappa shape index (κ1) is 28.0. The molecule has 0 saturated heterocycles. The molecule has 8 heteroatoms. The fourth-order valence-electron chi connectivity index (χ4n) is 5.20. The number of hydrogen-bond donors (Lipinski definition) is 4. The molecule has 41 heavy (non-hydrogen) atoms. The van der Waals surface area contributed by atoms with Gasteiger partial charge in [0, 0.05) is 40.1 Å². The molecule has 0 aromatic heterocycles. The minimum absolute atomic E-state index is 0.127. The van der Waals surface area contributed by atoms with Crippen LogP contribution in [0.3, 0.4) is 0 Å². The highest BCUT2D eigenvalue weighted by molar-refractivity contribution is 6.30. The Morgan fingerprint density at radius 3 is 2.46 bits per heavy atom. The number of anilines is 2. The van der Waals surface area contributed by atoms with Gasteiger partial charge in [-0.15, -0.1) is 0 Å². The summed E-state index contributed by atoms with van der Waals surface area (Å²) in [5.74, 6) is -0.592. The zero-order valence-corrected chi connectivity index (χ0v) is 23.2. The van der Waals surface area contributed by atoms with Crippen molar-refractivity contribution >= 4 is 39.8 Å². The summed E-state index contributed by atoms with van der Waals surface area (Å²) < 4.78 is 25.5. The normalized spacial score (nSPS) is 12.4. The van der Waals surface area contributed by atoms with Gasteiger partial charge in [0.1, 0.15) is 24.1 Å². The minimum Gasteiger partial charge on any atom is -0.460 e. The van der Waals surface area contributed by atoms with Crippen LogP contribution in [0.15, 0.2) is 66.7 Å². The molecule has 4 N–H and O–H groups in total. The second kappa shape index (κ2) is 12.3. The first-order valence-electron chi connectivity index (χ1n) is 13.9. The fourth-order valence-corrected chi connectivity index (χ4v) is 5.20. The Kier molecular flexibility index (Phi) is 8.40. The van der Waals surface area contributed by atoms with Crippen molar-refractivity contribution in [2.24, 2.45) is 0 Å². The van der Waals surface area contributed by atoms with E-state index in [0.29, 0.717) is 46.7 Å². The Bertz CT molecular complexity index is 1630. The van der Waals surface area contributed by atoms with Crippen LogP contribution in [0.4, 0.5) is 15.8 Å². The number of carbonyl (C=O) groups excluding carboxylic acids is 1. The Morgan fingerprint density at radius 2 is 1.71 bits per heavy atom. The number of hydrogen-bond acceptors (Lipinski definition) is 6. The molecule has 0 atom stereocenters. The van der Waals surface area contributed by atoms with Crippen molar-refractivity contribution < 1.29 is 18.7 Å². The number of fused-ring (bicyclic) bond motifs is 2. The SMILES string of the molecule is CCCCc1ccccc1-c1c2c(cc3cc(F)cc(Nc4ccc(C(=O)OCCOCC)cc4)c13)C(=N)NC2=N. The lowest BCUT2D eigenvalue weighted by molar-refractivity contribution is 0.0335. The van der Waals surface area contributed by atoms with Gasteiger partial charge in [-0.3, -0.25) is 10.8 Å². The van der Waals surface area contributed by atoms with Crippen molar-refractivity contribution in [1.82, 2.24) is 5.32 Å². The highest BCUT2D eigenvalue weighted by Gasteiger charge is 2.29. The lowest BCUT2D eigenvalue weighted by atomic mass is 9.86. The Hall–Kier alpha value is -4.56. The van der Waals surface area contributed by atoms with E-state index in [-0.39, 0.29) is 18.3 Å². The number of ether oxygens (including phenoxy) is 2. The average Bonchev–Trinajstić information content (AvgIpc) is 3.25. The number of aryl methyl sites for hydroxylation is 1. The third kappa shape index (κ3) is 5.83. The minimum atomic E-state index is -0.442. The molecule has 0 radical (unpaired) electrons. The van der Waals surface area contributed by atoms with Crippen LogP contribution in [0.2, 0.25) is 0 Å². The Labute approximate surface area is 238 Å². The van der Waals surface area contributed by atoms with Gasteiger partial charge in [0.15, 0.2) is 0 Å². The molecule has 1 aliphatic heterocycles. The van der Waals surface area contributed by atoms with Gasteiger partial charge >= 0.3 is 5.97 Å². The molecule has 4 aromatic carbocycles. The second-order valence-corrected chi connectivity index (χ2v) is 9.90. The van der Waals surface area contributed by atoms with E-state index < -0.39 is 11.8 Å². The Morgan fingerprint density at radius 1 is 0.927 bits per heavy atom. The largest absolute Gasteiger partial charge is 0.460 e. The van der Waals surface area contributed by atoms with Gasteiger partial charge in [0.25, 0.3) is 0 Å². The molecule has 1 aliphatic rings. The zero-order valence-electron chi connectivity index (χ0n) is 23.2. The zero-order chi connectivity index (χ0) is 28.9. The molecule has 0 amide bonds. The Balaban J connectivity index is 1.60. The maximum Gasteiger partial charge on any atom is 0.338 e. The van der Waals surface area contributed by atoms with Crippen LogP contribution in [-0.2, 0) is 15.9 Å². The number of benzene rings is 4. The number of rotatable bonds is 11. The summed E-state index contributed by atoms with van der Waals surface area (Å²) >= 11 is 0. The van der Waals surface area contributed by atoms with Crippen LogP contribution in [0, 0.1) is 16.6 Å². The molecule has 0 unspecified atom stereocenters. The van der Waals surface area contributed by atoms with E-state index in [1.807, 2.05) is 25.1 Å². The standard InChI is InChI=1S/C33H33FN4O3/c1-3-5-8-20-9-6-7-10-25(20)29-28-22(18-26-30(29)32(36)38-31(26)35)17-23(34)19-27(28)37-24-13-11-21(12-14-24)33(39)41-16-15-40-4-2/h6-7,9-14,17-19,37H,3-5,8,15-16H2,1-2H3,(H3,35,36,38). The lowest BCUT2D eigenvalue weighted by Crippen LogP contribution is -2.20. The van der Waals surface area contributed by atoms with Crippen LogP contribution in [0.25, 0.3) is 21.9 Å². The third-order valence-corrected chi connectivity index (χ3v) is 7.12. The van der Waals surface area contributed by atoms with Crippen molar-refractivity contribution in [2.75, 3.05) is 25.1 Å². The summed E-state index contributed by atoms with van der Waals surface area (Å²) in [6, 6.07) is 19.6. The first-order chi connectivity index (χ1) is 19.9. The molecule has 0 spiro atoms. The summed E-state index contributed by atoms with van der Waals surface area (Å²) in [5, 5.41) is 24.8. The molecule has 0 saturated carbocycles. The van der Waals surface area contributed by atoms with Crippen molar-refractivity contribution in [3.05, 3.63) is 94.8 Å². The average molecular weight is 553 g/mol. The van der Waals surface area contributed by atoms with Crippen LogP contribution in [-0.4, -0.2) is 37.5 Å². The van der Waals surface area contributed by atoms with Crippen molar-refractivity contribution in [1.29, 1.82) is 10.8 Å². The van der Waals surface area contributed by atoms with E-state index in [2.05, 4.69) is 23.6 Å². The number of unbranched alkanes of at least 4 members (excludes halogenated alkanes) is 1. The van der Waals surface area contributed by atoms with Gasteiger partial charge in [-0.25, -0.2) is 9.18 Å². The molecule has 4 aromatic rings. The number of carbonyl (C=O) groups is 1. The topological polar surface area (TPSA) is 107 Å². The number of esters is 1. The fraction of sp³-hybridized carbons (Fsp3) is 0.242. The van der Waals surface area contributed by atoms with E-state index >= 15 is 4.39 Å². The smallest absolute Gasteiger partial charge is 0.338 e. The molecule has 7 nitrogen and oxygen atoms in total. The van der Waals surface area contributed by atoms with Crippen LogP contribution in [0.5, 0.6) is 0 Å². The van der Waals surface area contributed by atoms with Gasteiger partial charge in [-0.1, -0.05) is 37.6 Å². The van der Waals surface area contributed by atoms with Crippen LogP contribution in [0.1, 0.15) is 53.7 Å². The summed E-state index contributed by atoms with van der Waals surface area (Å²) in [4.78, 5) is 12.4. The quantitative estimate of drug-likeness (QED) is 0.116. The predicted octanol–water partition coefficient (Wildman–Crippen LogP) is 7.18. The van der Waals surface area contributed by atoms with Gasteiger partial charge in [-0.2, -0.15) is 0 Å². The lowest BCUT2D eigenvalue weighted by Gasteiger charge is -2.19. The van der Waals surface area contributed by atoms with Gasteiger partial charge in [0.05, 0.1) is 12.2 Å². The maximum atomic E-state index is 15.0. The van der Waals surface area contributed by atoms with Gasteiger partial charge < -0.3 is 20.1 Å². The van der Waals surface area contributed by atoms with E-state index in [0.717, 1.165) is 41.3 Å². The molecular weight excluding hydrogens is 519 g/mol. The summed E-state index contributed by atoms with van der Waals surface area (Å²) in [6.45, 7) is 5.10.